The summed E-state index contributed by atoms with van der Waals surface area (Å²) in [5.74, 6) is 0.193. The van der Waals surface area contributed by atoms with Crippen molar-refractivity contribution in [1.82, 2.24) is 19.3 Å². The van der Waals surface area contributed by atoms with E-state index in [4.69, 9.17) is 11.6 Å². The highest BCUT2D eigenvalue weighted by Crippen LogP contribution is 2.25. The van der Waals surface area contributed by atoms with Gasteiger partial charge in [-0.3, -0.25) is 14.6 Å². The molecule has 0 aliphatic heterocycles. The number of thiophene rings is 1. The number of carbonyl (C=O) groups excluding carboxylic acids is 1. The number of halogens is 1. The number of nitrogens with one attached hydrogen (secondary N) is 1. The van der Waals surface area contributed by atoms with Gasteiger partial charge in [-0.2, -0.15) is 9.78 Å². The number of anilines is 1. The van der Waals surface area contributed by atoms with Crippen LogP contribution >= 0.6 is 22.9 Å². The van der Waals surface area contributed by atoms with Crippen LogP contribution in [-0.4, -0.2) is 25.2 Å². The molecule has 0 fully saturated rings. The fraction of sp³-hybridized carbons (Fsp3) is 0.0769. The van der Waals surface area contributed by atoms with Crippen LogP contribution in [0.25, 0.3) is 11.3 Å². The number of nitrogens with zero attached hydrogens (tertiary/aromatic N) is 4. The Balaban J connectivity index is 1.52. The molecule has 0 radical (unpaired) electrons. The number of rotatable bonds is 7. The summed E-state index contributed by atoms with van der Waals surface area (Å²) in [4.78, 5) is 31.6. The van der Waals surface area contributed by atoms with Gasteiger partial charge in [-0.15, -0.1) is 11.3 Å². The number of benzene rings is 1. The van der Waals surface area contributed by atoms with Crippen LogP contribution in [-0.2, 0) is 13.1 Å². The molecular weight excluding hydrogens is 482 g/mol. The van der Waals surface area contributed by atoms with Crippen molar-refractivity contribution in [2.24, 2.45) is 0 Å². The molecule has 0 amide bonds. The zero-order valence-corrected chi connectivity index (χ0v) is 20.0. The average molecular weight is 502 g/mol. The van der Waals surface area contributed by atoms with E-state index in [1.807, 2.05) is 30.3 Å². The van der Waals surface area contributed by atoms with Gasteiger partial charge >= 0.3 is 0 Å². The standard InChI is InChI=1S/C26H20ClN5O2S/c27-23-9-8-20(35-23)16-29-24-15-22(30-32(24)25(33)19-5-2-1-3-6-19)21-7-4-14-31(26(21)34)17-18-10-12-28-13-11-18/h1-15,29H,16-17H2. The van der Waals surface area contributed by atoms with Gasteiger partial charge in [0.25, 0.3) is 11.5 Å². The zero-order valence-electron chi connectivity index (χ0n) is 18.5. The van der Waals surface area contributed by atoms with E-state index >= 15 is 0 Å². The second-order valence-electron chi connectivity index (χ2n) is 7.77. The SMILES string of the molecule is O=C(c1ccccc1)n1nc(-c2cccn(Cc3ccncc3)c2=O)cc1NCc1ccc(Cl)s1. The van der Waals surface area contributed by atoms with Gasteiger partial charge in [-0.25, -0.2) is 0 Å². The van der Waals surface area contributed by atoms with E-state index in [9.17, 15) is 9.59 Å². The first-order valence-electron chi connectivity index (χ1n) is 10.8. The Kier molecular flexibility index (Phi) is 6.56. The van der Waals surface area contributed by atoms with Gasteiger partial charge in [0, 0.05) is 35.1 Å². The van der Waals surface area contributed by atoms with Crippen molar-refractivity contribution in [1.29, 1.82) is 0 Å². The average Bonchev–Trinajstić information content (AvgIpc) is 3.50. The molecule has 0 saturated heterocycles. The van der Waals surface area contributed by atoms with Gasteiger partial charge in [-0.1, -0.05) is 29.8 Å². The second kappa shape index (κ2) is 10.1. The summed E-state index contributed by atoms with van der Waals surface area (Å²) in [5.41, 5.74) is 2.07. The molecule has 35 heavy (non-hydrogen) atoms. The van der Waals surface area contributed by atoms with Crippen molar-refractivity contribution in [2.75, 3.05) is 5.32 Å². The largest absolute Gasteiger partial charge is 0.365 e. The third kappa shape index (κ3) is 5.08. The predicted octanol–water partition coefficient (Wildman–Crippen LogP) is 5.17. The van der Waals surface area contributed by atoms with E-state index in [1.165, 1.54) is 16.0 Å². The lowest BCUT2D eigenvalue weighted by Crippen LogP contribution is -2.22. The van der Waals surface area contributed by atoms with E-state index in [2.05, 4.69) is 15.4 Å². The second-order valence-corrected chi connectivity index (χ2v) is 9.57. The van der Waals surface area contributed by atoms with Crippen molar-refractivity contribution in [3.8, 4) is 11.3 Å². The fourth-order valence-corrected chi connectivity index (χ4v) is 4.69. The molecule has 4 aromatic heterocycles. The quantitative estimate of drug-likeness (QED) is 0.332. The number of aromatic nitrogens is 4. The summed E-state index contributed by atoms with van der Waals surface area (Å²) in [6, 6.07) is 21.6. The third-order valence-electron chi connectivity index (χ3n) is 5.39. The van der Waals surface area contributed by atoms with E-state index < -0.39 is 0 Å². The van der Waals surface area contributed by atoms with Crippen molar-refractivity contribution in [3.05, 3.63) is 122 Å². The molecule has 174 valence electrons. The molecule has 5 aromatic rings. The Morgan fingerprint density at radius 2 is 1.80 bits per heavy atom. The minimum absolute atomic E-state index is 0.197. The minimum Gasteiger partial charge on any atom is -0.365 e. The Morgan fingerprint density at radius 1 is 1.00 bits per heavy atom. The lowest BCUT2D eigenvalue weighted by Gasteiger charge is -2.08. The Morgan fingerprint density at radius 3 is 2.54 bits per heavy atom. The molecule has 9 heteroatoms. The van der Waals surface area contributed by atoms with E-state index in [0.29, 0.717) is 40.1 Å². The van der Waals surface area contributed by atoms with E-state index in [1.54, 1.807) is 65.6 Å². The van der Waals surface area contributed by atoms with Crippen LogP contribution in [0, 0.1) is 0 Å². The number of carbonyl (C=O) groups is 1. The number of hydrogen-bond acceptors (Lipinski definition) is 6. The van der Waals surface area contributed by atoms with Crippen LogP contribution in [0.2, 0.25) is 4.34 Å². The number of pyridine rings is 2. The summed E-state index contributed by atoms with van der Waals surface area (Å²) in [5, 5.41) is 7.82. The topological polar surface area (TPSA) is 81.8 Å². The fourth-order valence-electron chi connectivity index (χ4n) is 3.66. The molecule has 4 heterocycles. The van der Waals surface area contributed by atoms with Crippen molar-refractivity contribution >= 4 is 34.7 Å². The van der Waals surface area contributed by atoms with E-state index in [0.717, 1.165) is 10.4 Å². The molecule has 0 spiro atoms. The molecule has 1 aromatic carbocycles. The van der Waals surface area contributed by atoms with E-state index in [-0.39, 0.29) is 11.5 Å². The molecule has 7 nitrogen and oxygen atoms in total. The monoisotopic (exact) mass is 501 g/mol. The maximum atomic E-state index is 13.3. The smallest absolute Gasteiger partial charge is 0.280 e. The van der Waals surface area contributed by atoms with Crippen LogP contribution in [0.4, 0.5) is 5.82 Å². The Hall–Kier alpha value is -4.01. The highest BCUT2D eigenvalue weighted by atomic mass is 35.5. The molecule has 0 aliphatic carbocycles. The van der Waals surface area contributed by atoms with Gasteiger partial charge in [0.1, 0.15) is 11.5 Å². The highest BCUT2D eigenvalue weighted by molar-refractivity contribution is 7.16. The van der Waals surface area contributed by atoms with Crippen LogP contribution in [0.1, 0.15) is 20.8 Å². The number of hydrogen-bond donors (Lipinski definition) is 1. The van der Waals surface area contributed by atoms with Crippen LogP contribution in [0.5, 0.6) is 0 Å². The predicted molar refractivity (Wildman–Crippen MR) is 138 cm³/mol. The van der Waals surface area contributed by atoms with Crippen LogP contribution in [0.3, 0.4) is 0 Å². The first-order chi connectivity index (χ1) is 17.1. The summed E-state index contributed by atoms with van der Waals surface area (Å²) in [6.45, 7) is 0.870. The molecule has 0 saturated carbocycles. The molecular formula is C26H20ClN5O2S. The normalized spacial score (nSPS) is 10.9. The van der Waals surface area contributed by atoms with Gasteiger partial charge in [0.05, 0.1) is 23.0 Å². The minimum atomic E-state index is -0.295. The Bertz CT molecular complexity index is 1530. The molecule has 0 unspecified atom stereocenters. The van der Waals surface area contributed by atoms with Gasteiger partial charge in [0.2, 0.25) is 0 Å². The lowest BCUT2D eigenvalue weighted by molar-refractivity contribution is 0.0948. The van der Waals surface area contributed by atoms with Gasteiger partial charge in [0.15, 0.2) is 0 Å². The summed E-state index contributed by atoms with van der Waals surface area (Å²) in [6.07, 6.45) is 5.12. The summed E-state index contributed by atoms with van der Waals surface area (Å²) < 4.78 is 3.61. The first-order valence-corrected chi connectivity index (χ1v) is 12.0. The molecule has 1 N–H and O–H groups in total. The molecule has 0 atom stereocenters. The summed E-state index contributed by atoms with van der Waals surface area (Å²) >= 11 is 7.51. The van der Waals surface area contributed by atoms with Crippen molar-refractivity contribution in [3.63, 3.8) is 0 Å². The molecule has 5 rings (SSSR count). The zero-order chi connectivity index (χ0) is 24.2. The van der Waals surface area contributed by atoms with Gasteiger partial charge in [-0.05, 0) is 54.1 Å². The first kappa shape index (κ1) is 22.8. The maximum absolute atomic E-state index is 13.3. The maximum Gasteiger partial charge on any atom is 0.280 e. The van der Waals surface area contributed by atoms with Crippen molar-refractivity contribution in [2.45, 2.75) is 13.1 Å². The molecule has 0 aliphatic rings. The summed E-state index contributed by atoms with van der Waals surface area (Å²) in [7, 11) is 0. The molecule has 0 bridgehead atoms. The van der Waals surface area contributed by atoms with Crippen LogP contribution < -0.4 is 10.9 Å². The third-order valence-corrected chi connectivity index (χ3v) is 6.62. The Labute approximate surface area is 210 Å². The van der Waals surface area contributed by atoms with Crippen molar-refractivity contribution < 1.29 is 4.79 Å². The van der Waals surface area contributed by atoms with Gasteiger partial charge < -0.3 is 9.88 Å². The van der Waals surface area contributed by atoms with Crippen LogP contribution in [0.15, 0.2) is 96.2 Å². The highest BCUT2D eigenvalue weighted by Gasteiger charge is 2.19. The lowest BCUT2D eigenvalue weighted by atomic mass is 10.2.